The van der Waals surface area contributed by atoms with E-state index in [1.807, 2.05) is 0 Å². The van der Waals surface area contributed by atoms with Crippen molar-refractivity contribution in [2.24, 2.45) is 5.73 Å². The minimum absolute atomic E-state index is 0.0156. The Hall–Kier alpha value is -2.97. The third-order valence-corrected chi connectivity index (χ3v) is 3.04. The van der Waals surface area contributed by atoms with Crippen LogP contribution in [0.3, 0.4) is 0 Å². The van der Waals surface area contributed by atoms with E-state index in [0.29, 0.717) is 6.07 Å². The first-order valence-corrected chi connectivity index (χ1v) is 6.54. The Morgan fingerprint density at radius 3 is 2.38 bits per heavy atom. The van der Waals surface area contributed by atoms with Gasteiger partial charge in [0, 0.05) is 0 Å². The van der Waals surface area contributed by atoms with Crippen LogP contribution < -0.4 is 11.1 Å². The molecule has 0 saturated carbocycles. The number of rotatable bonds is 3. The van der Waals surface area contributed by atoms with Crippen molar-refractivity contribution in [2.45, 2.75) is 13.1 Å². The molecule has 2 aromatic rings. The number of aryl methyl sites for hydroxylation is 1. The molecule has 2 amide bonds. The third-order valence-electron chi connectivity index (χ3n) is 3.04. The van der Waals surface area contributed by atoms with Crippen LogP contribution in [0, 0.1) is 12.7 Å². The second-order valence-corrected chi connectivity index (χ2v) is 4.92. The van der Waals surface area contributed by atoms with Crippen LogP contribution >= 0.6 is 0 Å². The van der Waals surface area contributed by atoms with Crippen LogP contribution in [-0.2, 0) is 6.18 Å². The van der Waals surface area contributed by atoms with Gasteiger partial charge < -0.3 is 11.1 Å². The molecule has 0 aliphatic carbocycles. The summed E-state index contributed by atoms with van der Waals surface area (Å²) in [7, 11) is 0. The molecule has 0 fully saturated rings. The Balaban J connectivity index is 2.38. The van der Waals surface area contributed by atoms with Crippen molar-refractivity contribution in [2.75, 3.05) is 5.32 Å². The molecule has 0 bridgehead atoms. The Bertz CT molecular complexity index is 802. The Morgan fingerprint density at radius 1 is 1.21 bits per heavy atom. The molecule has 24 heavy (non-hydrogen) atoms. The smallest absolute Gasteiger partial charge is 0.364 e. The van der Waals surface area contributed by atoms with Gasteiger partial charge in [-0.05, 0) is 36.8 Å². The average molecular weight is 341 g/mol. The van der Waals surface area contributed by atoms with Crippen molar-refractivity contribution in [1.82, 2.24) is 4.98 Å². The van der Waals surface area contributed by atoms with Crippen molar-refractivity contribution < 1.29 is 27.2 Å². The second kappa shape index (κ2) is 6.26. The Morgan fingerprint density at radius 2 is 1.88 bits per heavy atom. The molecule has 0 saturated heterocycles. The number of carbonyl (C=O) groups excluding carboxylic acids is 2. The normalized spacial score (nSPS) is 11.2. The molecule has 9 heteroatoms. The fraction of sp³-hybridized carbons (Fsp3) is 0.133. The highest BCUT2D eigenvalue weighted by Crippen LogP contribution is 2.34. The topological polar surface area (TPSA) is 85.1 Å². The molecule has 0 atom stereocenters. The largest absolute Gasteiger partial charge is 0.417 e. The number of benzene rings is 1. The molecule has 0 unspecified atom stereocenters. The zero-order valence-corrected chi connectivity index (χ0v) is 12.2. The number of nitrogens with two attached hydrogens (primary N) is 1. The highest BCUT2D eigenvalue weighted by molar-refractivity contribution is 6.05. The predicted molar refractivity (Wildman–Crippen MR) is 76.8 cm³/mol. The summed E-state index contributed by atoms with van der Waals surface area (Å²) in [6.07, 6.45) is -3.87. The fourth-order valence-corrected chi connectivity index (χ4v) is 2.00. The van der Waals surface area contributed by atoms with Crippen LogP contribution in [-0.4, -0.2) is 16.8 Å². The lowest BCUT2D eigenvalue weighted by Crippen LogP contribution is -2.21. The molecule has 126 valence electrons. The molecule has 0 spiro atoms. The number of nitrogens with zero attached hydrogens (tertiary/aromatic N) is 1. The lowest BCUT2D eigenvalue weighted by molar-refractivity contribution is -0.138. The molecule has 1 aromatic carbocycles. The van der Waals surface area contributed by atoms with Gasteiger partial charge in [0.05, 0.1) is 23.0 Å². The lowest BCUT2D eigenvalue weighted by Gasteiger charge is -2.14. The van der Waals surface area contributed by atoms with Crippen LogP contribution in [0.4, 0.5) is 23.2 Å². The molecule has 5 nitrogen and oxygen atoms in total. The molecule has 0 aliphatic heterocycles. The number of alkyl halides is 3. The van der Waals surface area contributed by atoms with E-state index < -0.39 is 34.9 Å². The first-order chi connectivity index (χ1) is 11.1. The number of halogens is 4. The summed E-state index contributed by atoms with van der Waals surface area (Å²) in [5, 5.41) is 2.10. The Labute approximate surface area is 133 Å². The van der Waals surface area contributed by atoms with Crippen molar-refractivity contribution in [3.05, 3.63) is 58.7 Å². The molecule has 0 radical (unpaired) electrons. The van der Waals surface area contributed by atoms with Gasteiger partial charge in [-0.25, -0.2) is 9.37 Å². The third kappa shape index (κ3) is 3.67. The number of nitrogens with one attached hydrogen (secondary N) is 1. The van der Waals surface area contributed by atoms with E-state index in [0.717, 1.165) is 12.3 Å². The minimum Gasteiger partial charge on any atom is -0.364 e. The number of carbonyl (C=O) groups is 2. The summed E-state index contributed by atoms with van der Waals surface area (Å²) in [6.45, 7) is 1.28. The second-order valence-electron chi connectivity index (χ2n) is 4.92. The van der Waals surface area contributed by atoms with Crippen LogP contribution in [0.1, 0.15) is 32.0 Å². The van der Waals surface area contributed by atoms with Crippen molar-refractivity contribution >= 4 is 17.5 Å². The molecule has 2 rings (SSSR count). The van der Waals surface area contributed by atoms with Gasteiger partial charge in [-0.2, -0.15) is 13.2 Å². The monoisotopic (exact) mass is 341 g/mol. The molecule has 1 aromatic heterocycles. The van der Waals surface area contributed by atoms with E-state index >= 15 is 0 Å². The lowest BCUT2D eigenvalue weighted by atomic mass is 10.0. The maximum absolute atomic E-state index is 13.9. The van der Waals surface area contributed by atoms with Gasteiger partial charge >= 0.3 is 6.18 Å². The number of aromatic nitrogens is 1. The van der Waals surface area contributed by atoms with Gasteiger partial charge in [0.2, 0.25) is 0 Å². The summed E-state index contributed by atoms with van der Waals surface area (Å²) < 4.78 is 53.0. The summed E-state index contributed by atoms with van der Waals surface area (Å²) in [6, 6.07) is 3.91. The van der Waals surface area contributed by atoms with Crippen molar-refractivity contribution in [3.63, 3.8) is 0 Å². The number of primary amides is 1. The number of anilines is 1. The summed E-state index contributed by atoms with van der Waals surface area (Å²) >= 11 is 0. The van der Waals surface area contributed by atoms with E-state index in [4.69, 9.17) is 5.73 Å². The number of amides is 2. The van der Waals surface area contributed by atoms with Crippen LogP contribution in [0.5, 0.6) is 0 Å². The standard InChI is InChI=1S/C15H11F4N3O2/c1-7-4-9(15(17,18)19)12(10(16)5-7)14(24)22-8-2-3-11(13(20)23)21-6-8/h2-6H,1H3,(H2,20,23)(H,22,24). The van der Waals surface area contributed by atoms with Crippen molar-refractivity contribution in [3.8, 4) is 0 Å². The zero-order valence-electron chi connectivity index (χ0n) is 12.2. The van der Waals surface area contributed by atoms with E-state index in [9.17, 15) is 27.2 Å². The van der Waals surface area contributed by atoms with Gasteiger partial charge in [-0.1, -0.05) is 0 Å². The summed E-state index contributed by atoms with van der Waals surface area (Å²) in [4.78, 5) is 26.6. The maximum Gasteiger partial charge on any atom is 0.417 e. The molecular weight excluding hydrogens is 330 g/mol. The van der Waals surface area contributed by atoms with E-state index in [2.05, 4.69) is 10.3 Å². The number of hydrogen-bond acceptors (Lipinski definition) is 3. The first kappa shape index (κ1) is 17.4. The van der Waals surface area contributed by atoms with Gasteiger partial charge in [0.25, 0.3) is 11.8 Å². The summed E-state index contributed by atoms with van der Waals surface area (Å²) in [5.74, 6) is -3.38. The van der Waals surface area contributed by atoms with Crippen LogP contribution in [0.2, 0.25) is 0 Å². The minimum atomic E-state index is -4.90. The van der Waals surface area contributed by atoms with E-state index in [-0.39, 0.29) is 16.9 Å². The van der Waals surface area contributed by atoms with Crippen LogP contribution in [0.25, 0.3) is 0 Å². The first-order valence-electron chi connectivity index (χ1n) is 6.54. The predicted octanol–water partition coefficient (Wildman–Crippen LogP) is 2.90. The molecule has 1 heterocycles. The van der Waals surface area contributed by atoms with Crippen molar-refractivity contribution in [1.29, 1.82) is 0 Å². The van der Waals surface area contributed by atoms with E-state index in [1.54, 1.807) is 0 Å². The number of pyridine rings is 1. The SMILES string of the molecule is Cc1cc(F)c(C(=O)Nc2ccc(C(N)=O)nc2)c(C(F)(F)F)c1. The highest BCUT2D eigenvalue weighted by atomic mass is 19.4. The highest BCUT2D eigenvalue weighted by Gasteiger charge is 2.37. The maximum atomic E-state index is 13.9. The molecular formula is C15H11F4N3O2. The quantitative estimate of drug-likeness (QED) is 0.842. The van der Waals surface area contributed by atoms with Gasteiger partial charge in [0.1, 0.15) is 11.5 Å². The van der Waals surface area contributed by atoms with Gasteiger partial charge in [0.15, 0.2) is 0 Å². The van der Waals surface area contributed by atoms with E-state index in [1.165, 1.54) is 19.1 Å². The van der Waals surface area contributed by atoms with Crippen LogP contribution in [0.15, 0.2) is 30.5 Å². The Kier molecular flexibility index (Phi) is 4.54. The molecule has 3 N–H and O–H groups in total. The summed E-state index contributed by atoms with van der Waals surface area (Å²) in [5.41, 5.74) is 2.42. The number of hydrogen-bond donors (Lipinski definition) is 2. The van der Waals surface area contributed by atoms with Gasteiger partial charge in [-0.3, -0.25) is 9.59 Å². The average Bonchev–Trinajstić information content (AvgIpc) is 2.45. The van der Waals surface area contributed by atoms with Gasteiger partial charge in [-0.15, -0.1) is 0 Å². The molecule has 0 aliphatic rings. The fourth-order valence-electron chi connectivity index (χ4n) is 2.00. The zero-order chi connectivity index (χ0) is 18.1.